The SMILES string of the molecule is CCOc1ccc(NC(=O)Cn2cccc(-c3nc(-c4ccc(F)cc4)no3)c2=O)cc1. The molecule has 0 atom stereocenters. The van der Waals surface area contributed by atoms with Gasteiger partial charge < -0.3 is 19.1 Å². The molecule has 0 aliphatic carbocycles. The molecule has 0 fully saturated rings. The molecule has 8 nitrogen and oxygen atoms in total. The first-order valence-corrected chi connectivity index (χ1v) is 9.85. The number of hydrogen-bond donors (Lipinski definition) is 1. The van der Waals surface area contributed by atoms with Gasteiger partial charge in [-0.2, -0.15) is 4.98 Å². The van der Waals surface area contributed by atoms with Gasteiger partial charge in [0.05, 0.1) is 6.61 Å². The summed E-state index contributed by atoms with van der Waals surface area (Å²) in [5.41, 5.74) is 0.835. The summed E-state index contributed by atoms with van der Waals surface area (Å²) in [4.78, 5) is 29.5. The second-order valence-electron chi connectivity index (χ2n) is 6.79. The summed E-state index contributed by atoms with van der Waals surface area (Å²) >= 11 is 0. The topological polar surface area (TPSA) is 99.2 Å². The van der Waals surface area contributed by atoms with Crippen molar-refractivity contribution in [2.75, 3.05) is 11.9 Å². The third-order valence-electron chi connectivity index (χ3n) is 4.54. The van der Waals surface area contributed by atoms with Crippen molar-refractivity contribution in [2.45, 2.75) is 13.5 Å². The van der Waals surface area contributed by atoms with Gasteiger partial charge in [0.2, 0.25) is 11.7 Å². The minimum Gasteiger partial charge on any atom is -0.494 e. The summed E-state index contributed by atoms with van der Waals surface area (Å²) in [5, 5.41) is 6.59. The number of ether oxygens (including phenoxy) is 1. The lowest BCUT2D eigenvalue weighted by molar-refractivity contribution is -0.116. The number of anilines is 1. The van der Waals surface area contributed by atoms with Crippen LogP contribution in [0.1, 0.15) is 6.92 Å². The van der Waals surface area contributed by atoms with E-state index >= 15 is 0 Å². The monoisotopic (exact) mass is 434 g/mol. The average molecular weight is 434 g/mol. The van der Waals surface area contributed by atoms with E-state index < -0.39 is 5.56 Å². The zero-order valence-corrected chi connectivity index (χ0v) is 17.1. The van der Waals surface area contributed by atoms with Crippen LogP contribution in [-0.4, -0.2) is 27.2 Å². The molecule has 0 spiro atoms. The lowest BCUT2D eigenvalue weighted by Gasteiger charge is -2.09. The number of pyridine rings is 1. The molecule has 4 aromatic rings. The molecule has 0 aliphatic heterocycles. The van der Waals surface area contributed by atoms with Crippen LogP contribution < -0.4 is 15.6 Å². The minimum absolute atomic E-state index is 0.00981. The number of halogens is 1. The van der Waals surface area contributed by atoms with Gasteiger partial charge in [-0.25, -0.2) is 4.39 Å². The number of rotatable bonds is 7. The summed E-state index contributed by atoms with van der Waals surface area (Å²) < 4.78 is 25.0. The first kappa shape index (κ1) is 21.0. The molecule has 0 bridgehead atoms. The average Bonchev–Trinajstić information content (AvgIpc) is 3.27. The van der Waals surface area contributed by atoms with E-state index in [2.05, 4.69) is 15.5 Å². The van der Waals surface area contributed by atoms with Crippen molar-refractivity contribution in [2.24, 2.45) is 0 Å². The highest BCUT2D eigenvalue weighted by atomic mass is 19.1. The molecule has 1 amide bonds. The zero-order valence-electron chi connectivity index (χ0n) is 17.1. The van der Waals surface area contributed by atoms with Crippen LogP contribution in [0, 0.1) is 5.82 Å². The Morgan fingerprint density at radius 1 is 1.12 bits per heavy atom. The summed E-state index contributed by atoms with van der Waals surface area (Å²) in [6.07, 6.45) is 1.50. The molecule has 0 unspecified atom stereocenters. The molecule has 9 heteroatoms. The Morgan fingerprint density at radius 2 is 1.88 bits per heavy atom. The Labute approximate surface area is 182 Å². The number of carbonyl (C=O) groups is 1. The Hall–Kier alpha value is -4.27. The van der Waals surface area contributed by atoms with Crippen molar-refractivity contribution < 1.29 is 18.4 Å². The molecule has 32 heavy (non-hydrogen) atoms. The predicted octanol–water partition coefficient (Wildman–Crippen LogP) is 3.74. The molecular formula is C23H19FN4O4. The van der Waals surface area contributed by atoms with Crippen LogP contribution in [-0.2, 0) is 11.3 Å². The fourth-order valence-electron chi connectivity index (χ4n) is 3.03. The lowest BCUT2D eigenvalue weighted by Crippen LogP contribution is -2.28. The van der Waals surface area contributed by atoms with Gasteiger partial charge >= 0.3 is 0 Å². The number of hydrogen-bond acceptors (Lipinski definition) is 6. The van der Waals surface area contributed by atoms with Crippen molar-refractivity contribution in [1.29, 1.82) is 0 Å². The Kier molecular flexibility index (Phi) is 6.07. The second kappa shape index (κ2) is 9.25. The van der Waals surface area contributed by atoms with Crippen LogP contribution in [0.5, 0.6) is 5.75 Å². The molecule has 2 aromatic heterocycles. The van der Waals surface area contributed by atoms with E-state index in [9.17, 15) is 14.0 Å². The van der Waals surface area contributed by atoms with Gasteiger partial charge in [0.1, 0.15) is 23.7 Å². The first-order valence-electron chi connectivity index (χ1n) is 9.85. The first-order chi connectivity index (χ1) is 15.5. The largest absolute Gasteiger partial charge is 0.494 e. The highest BCUT2D eigenvalue weighted by Crippen LogP contribution is 2.20. The molecule has 1 N–H and O–H groups in total. The third-order valence-corrected chi connectivity index (χ3v) is 4.54. The Bertz CT molecular complexity index is 1280. The Morgan fingerprint density at radius 3 is 2.59 bits per heavy atom. The quantitative estimate of drug-likeness (QED) is 0.476. The highest BCUT2D eigenvalue weighted by molar-refractivity contribution is 5.90. The van der Waals surface area contributed by atoms with Crippen LogP contribution >= 0.6 is 0 Å². The number of nitrogens with one attached hydrogen (secondary N) is 1. The molecule has 162 valence electrons. The molecule has 0 radical (unpaired) electrons. The molecule has 2 aromatic carbocycles. The van der Waals surface area contributed by atoms with Crippen molar-refractivity contribution >= 4 is 11.6 Å². The normalized spacial score (nSPS) is 10.7. The smallest absolute Gasteiger partial charge is 0.263 e. The van der Waals surface area contributed by atoms with E-state index in [-0.39, 0.29) is 35.5 Å². The number of amides is 1. The van der Waals surface area contributed by atoms with Gasteiger partial charge in [-0.05, 0) is 67.6 Å². The third kappa shape index (κ3) is 4.72. The number of aromatic nitrogens is 3. The van der Waals surface area contributed by atoms with Gasteiger partial charge in [0.15, 0.2) is 0 Å². The van der Waals surface area contributed by atoms with Crippen molar-refractivity contribution in [3.8, 4) is 28.6 Å². The maximum Gasteiger partial charge on any atom is 0.263 e. The van der Waals surface area contributed by atoms with E-state index in [1.54, 1.807) is 30.3 Å². The minimum atomic E-state index is -0.455. The summed E-state index contributed by atoms with van der Waals surface area (Å²) in [6.45, 7) is 2.24. The van der Waals surface area contributed by atoms with Crippen LogP contribution in [0.4, 0.5) is 10.1 Å². The number of carbonyl (C=O) groups excluding carboxylic acids is 1. The fourth-order valence-corrected chi connectivity index (χ4v) is 3.03. The van der Waals surface area contributed by atoms with E-state index in [1.807, 2.05) is 6.92 Å². The van der Waals surface area contributed by atoms with E-state index in [0.717, 1.165) is 0 Å². The van der Waals surface area contributed by atoms with Gasteiger partial charge in [-0.1, -0.05) is 5.16 Å². The van der Waals surface area contributed by atoms with Gasteiger partial charge in [0.25, 0.3) is 11.4 Å². The second-order valence-corrected chi connectivity index (χ2v) is 6.79. The van der Waals surface area contributed by atoms with Gasteiger partial charge in [0, 0.05) is 17.4 Å². The predicted molar refractivity (Wildman–Crippen MR) is 116 cm³/mol. The molecule has 4 rings (SSSR count). The lowest BCUT2D eigenvalue weighted by atomic mass is 10.2. The maximum absolute atomic E-state index is 13.1. The Balaban J connectivity index is 1.49. The molecule has 0 saturated heterocycles. The van der Waals surface area contributed by atoms with Crippen molar-refractivity contribution in [3.63, 3.8) is 0 Å². The number of nitrogens with zero attached hydrogens (tertiary/aromatic N) is 3. The zero-order chi connectivity index (χ0) is 22.5. The number of benzene rings is 2. The highest BCUT2D eigenvalue weighted by Gasteiger charge is 2.16. The molecule has 0 saturated carbocycles. The van der Waals surface area contributed by atoms with E-state index in [4.69, 9.17) is 9.26 Å². The van der Waals surface area contributed by atoms with Gasteiger partial charge in [-0.3, -0.25) is 9.59 Å². The maximum atomic E-state index is 13.1. The summed E-state index contributed by atoms with van der Waals surface area (Å²) in [5.74, 6) is 0.186. The van der Waals surface area contributed by atoms with Crippen LogP contribution in [0.3, 0.4) is 0 Å². The standard InChI is InChI=1S/C23H19FN4O4/c1-2-31-18-11-9-17(10-12-18)25-20(29)14-28-13-3-4-19(23(28)30)22-26-21(27-32-22)15-5-7-16(24)8-6-15/h3-13H,2,14H2,1H3,(H,25,29). The van der Waals surface area contributed by atoms with Crippen LogP contribution in [0.25, 0.3) is 22.8 Å². The summed E-state index contributed by atoms with van der Waals surface area (Å²) in [6, 6.07) is 15.7. The van der Waals surface area contributed by atoms with Crippen molar-refractivity contribution in [1.82, 2.24) is 14.7 Å². The summed E-state index contributed by atoms with van der Waals surface area (Å²) in [7, 11) is 0. The van der Waals surface area contributed by atoms with Crippen molar-refractivity contribution in [3.05, 3.63) is 83.0 Å². The van der Waals surface area contributed by atoms with Crippen LogP contribution in [0.2, 0.25) is 0 Å². The van der Waals surface area contributed by atoms with E-state index in [0.29, 0.717) is 23.6 Å². The molecule has 0 aliphatic rings. The van der Waals surface area contributed by atoms with Crippen LogP contribution in [0.15, 0.2) is 76.2 Å². The van der Waals surface area contributed by atoms with E-state index in [1.165, 1.54) is 41.1 Å². The molecule has 2 heterocycles. The molecular weight excluding hydrogens is 415 g/mol. The fraction of sp³-hybridized carbons (Fsp3) is 0.130. The van der Waals surface area contributed by atoms with Gasteiger partial charge in [-0.15, -0.1) is 0 Å².